The molecule has 0 saturated carbocycles. The third kappa shape index (κ3) is 2.99. The second-order valence-corrected chi connectivity index (χ2v) is 6.68. The molecule has 132 valence electrons. The molecule has 0 aromatic heterocycles. The van der Waals surface area contributed by atoms with Crippen LogP contribution in [0.2, 0.25) is 0 Å². The number of nitrogens with zero attached hydrogens (tertiary/aromatic N) is 2. The fraction of sp³-hybridized carbons (Fsp3) is 0.111. The number of likely N-dealkylation sites (tertiary alicyclic amines) is 1. The molecule has 3 rings (SSSR count). The quantitative estimate of drug-likeness (QED) is 0.271. The van der Waals surface area contributed by atoms with E-state index in [1.807, 2.05) is 0 Å². The van der Waals surface area contributed by atoms with E-state index in [0.29, 0.717) is 11.1 Å². The summed E-state index contributed by atoms with van der Waals surface area (Å²) in [5.41, 5.74) is 0.486. The van der Waals surface area contributed by atoms with Gasteiger partial charge in [-0.1, -0.05) is 40.2 Å². The Morgan fingerprint density at radius 2 is 1.85 bits per heavy atom. The minimum atomic E-state index is -0.904. The summed E-state index contributed by atoms with van der Waals surface area (Å²) in [5, 5.41) is 21.7. The zero-order valence-electron chi connectivity index (χ0n) is 13.5. The highest BCUT2D eigenvalue weighted by molar-refractivity contribution is 9.10. The lowest BCUT2D eigenvalue weighted by Crippen LogP contribution is -2.24. The maximum atomic E-state index is 12.4. The van der Waals surface area contributed by atoms with Crippen molar-refractivity contribution in [2.24, 2.45) is 0 Å². The number of aliphatic hydroxyl groups excluding tert-OH is 1. The summed E-state index contributed by atoms with van der Waals surface area (Å²) < 4.78 is 0.792. The Bertz CT molecular complexity index is 952. The molecular weight excluding hydrogens is 404 g/mol. The number of rotatable bonds is 3. The Balaban J connectivity index is 2.18. The van der Waals surface area contributed by atoms with Crippen molar-refractivity contribution in [3.63, 3.8) is 0 Å². The topological polar surface area (TPSA) is 101 Å². The van der Waals surface area contributed by atoms with E-state index >= 15 is 0 Å². The van der Waals surface area contributed by atoms with Gasteiger partial charge in [0.2, 0.25) is 0 Å². The molecule has 1 aliphatic heterocycles. The van der Waals surface area contributed by atoms with Crippen LogP contribution in [0.25, 0.3) is 5.76 Å². The Morgan fingerprint density at radius 1 is 1.19 bits per heavy atom. The Labute approximate surface area is 156 Å². The molecule has 1 saturated heterocycles. The zero-order valence-corrected chi connectivity index (χ0v) is 15.1. The molecule has 2 aromatic carbocycles. The lowest BCUT2D eigenvalue weighted by molar-refractivity contribution is -0.384. The highest BCUT2D eigenvalue weighted by Gasteiger charge is 2.44. The molecule has 26 heavy (non-hydrogen) atoms. The molecule has 7 nitrogen and oxygen atoms in total. The van der Waals surface area contributed by atoms with Crippen LogP contribution < -0.4 is 0 Å². The molecule has 2 aromatic rings. The van der Waals surface area contributed by atoms with E-state index in [2.05, 4.69) is 15.9 Å². The minimum Gasteiger partial charge on any atom is -0.507 e. The van der Waals surface area contributed by atoms with Crippen LogP contribution in [0.1, 0.15) is 17.2 Å². The van der Waals surface area contributed by atoms with E-state index in [-0.39, 0.29) is 17.0 Å². The van der Waals surface area contributed by atoms with Gasteiger partial charge in [0, 0.05) is 29.2 Å². The number of likely N-dealkylation sites (N-methyl/N-ethyl adjacent to an activating group) is 1. The number of amides is 1. The molecule has 0 radical (unpaired) electrons. The predicted octanol–water partition coefficient (Wildman–Crippen LogP) is 3.41. The number of benzene rings is 2. The Kier molecular flexibility index (Phi) is 4.60. The van der Waals surface area contributed by atoms with Crippen LogP contribution in [-0.2, 0) is 9.59 Å². The number of carbonyl (C=O) groups is 2. The third-order valence-corrected chi connectivity index (χ3v) is 4.72. The van der Waals surface area contributed by atoms with Crippen molar-refractivity contribution >= 4 is 39.1 Å². The van der Waals surface area contributed by atoms with Gasteiger partial charge in [0.05, 0.1) is 16.5 Å². The summed E-state index contributed by atoms with van der Waals surface area (Å²) in [7, 11) is 1.42. The first kappa shape index (κ1) is 17.8. The van der Waals surface area contributed by atoms with Crippen LogP contribution in [0.3, 0.4) is 0 Å². The van der Waals surface area contributed by atoms with Gasteiger partial charge in [-0.15, -0.1) is 0 Å². The van der Waals surface area contributed by atoms with Crippen molar-refractivity contribution in [2.75, 3.05) is 7.05 Å². The highest BCUT2D eigenvalue weighted by atomic mass is 79.9. The number of hydrogen-bond acceptors (Lipinski definition) is 5. The third-order valence-electron chi connectivity index (χ3n) is 4.19. The van der Waals surface area contributed by atoms with Crippen molar-refractivity contribution in [1.29, 1.82) is 0 Å². The van der Waals surface area contributed by atoms with Crippen LogP contribution in [0, 0.1) is 10.1 Å². The summed E-state index contributed by atoms with van der Waals surface area (Å²) in [6.07, 6.45) is 0. The smallest absolute Gasteiger partial charge is 0.295 e. The van der Waals surface area contributed by atoms with Crippen molar-refractivity contribution in [3.05, 3.63) is 79.8 Å². The molecule has 1 unspecified atom stereocenters. The molecule has 0 spiro atoms. The summed E-state index contributed by atoms with van der Waals surface area (Å²) in [4.78, 5) is 36.3. The van der Waals surface area contributed by atoms with Crippen molar-refractivity contribution in [2.45, 2.75) is 6.04 Å². The average molecular weight is 417 g/mol. The first-order valence-electron chi connectivity index (χ1n) is 7.56. The Morgan fingerprint density at radius 3 is 2.46 bits per heavy atom. The minimum absolute atomic E-state index is 0.0969. The number of nitro benzene ring substituents is 1. The van der Waals surface area contributed by atoms with Crippen LogP contribution in [0.15, 0.2) is 58.6 Å². The Hall–Kier alpha value is -3.00. The molecule has 1 aliphatic rings. The van der Waals surface area contributed by atoms with E-state index in [4.69, 9.17) is 0 Å². The van der Waals surface area contributed by atoms with Gasteiger partial charge in [0.15, 0.2) is 0 Å². The van der Waals surface area contributed by atoms with E-state index in [1.54, 1.807) is 30.3 Å². The summed E-state index contributed by atoms with van der Waals surface area (Å²) in [5.74, 6) is -1.93. The highest BCUT2D eigenvalue weighted by Crippen LogP contribution is 2.39. The molecule has 1 fully saturated rings. The van der Waals surface area contributed by atoms with Crippen LogP contribution >= 0.6 is 15.9 Å². The van der Waals surface area contributed by atoms with Gasteiger partial charge in [0.1, 0.15) is 5.76 Å². The fourth-order valence-electron chi connectivity index (χ4n) is 2.91. The van der Waals surface area contributed by atoms with Gasteiger partial charge in [-0.25, -0.2) is 0 Å². The monoisotopic (exact) mass is 416 g/mol. The number of aliphatic hydroxyl groups is 1. The van der Waals surface area contributed by atoms with Gasteiger partial charge in [-0.05, 0) is 17.7 Å². The number of hydrogen-bond donors (Lipinski definition) is 1. The molecule has 0 bridgehead atoms. The number of non-ortho nitro benzene ring substituents is 1. The molecule has 0 aliphatic carbocycles. The molecule has 1 atom stereocenters. The summed E-state index contributed by atoms with van der Waals surface area (Å²) in [6.45, 7) is 0. The first-order chi connectivity index (χ1) is 12.3. The van der Waals surface area contributed by atoms with E-state index in [9.17, 15) is 24.8 Å². The van der Waals surface area contributed by atoms with Crippen LogP contribution in [0.5, 0.6) is 0 Å². The van der Waals surface area contributed by atoms with Crippen molar-refractivity contribution in [3.8, 4) is 0 Å². The number of ketones is 1. The maximum Gasteiger partial charge on any atom is 0.295 e. The van der Waals surface area contributed by atoms with Gasteiger partial charge < -0.3 is 10.0 Å². The number of halogens is 1. The average Bonchev–Trinajstić information content (AvgIpc) is 2.86. The number of nitro groups is 1. The summed E-state index contributed by atoms with van der Waals surface area (Å²) in [6, 6.07) is 11.4. The number of carbonyl (C=O) groups excluding carboxylic acids is 2. The van der Waals surface area contributed by atoms with Gasteiger partial charge in [-0.2, -0.15) is 0 Å². The molecule has 8 heteroatoms. The van der Waals surface area contributed by atoms with Gasteiger partial charge >= 0.3 is 0 Å². The standard InChI is InChI=1S/C18H13BrN2O5/c1-20-15(11-3-2-4-13(9-11)21(25)26)14(17(23)18(20)24)16(22)10-5-7-12(19)8-6-10/h2-9,15,22H,1H3/b16-14-. The summed E-state index contributed by atoms with van der Waals surface area (Å²) >= 11 is 3.29. The van der Waals surface area contributed by atoms with E-state index in [1.165, 1.54) is 30.1 Å². The molecule has 1 amide bonds. The SMILES string of the molecule is CN1C(=O)C(=O)/C(=C(\O)c2ccc(Br)cc2)C1c1cccc([N+](=O)[O-])c1. The maximum absolute atomic E-state index is 12.4. The van der Waals surface area contributed by atoms with Crippen molar-refractivity contribution in [1.82, 2.24) is 4.90 Å². The normalized spacial score (nSPS) is 19.0. The zero-order chi connectivity index (χ0) is 19.0. The lowest BCUT2D eigenvalue weighted by Gasteiger charge is -2.20. The predicted molar refractivity (Wildman–Crippen MR) is 97.3 cm³/mol. The number of Topliss-reactive ketones (excluding diaryl/α,β-unsaturated/α-hetero) is 1. The van der Waals surface area contributed by atoms with E-state index < -0.39 is 22.7 Å². The van der Waals surface area contributed by atoms with Gasteiger partial charge in [-0.3, -0.25) is 19.7 Å². The second-order valence-electron chi connectivity index (χ2n) is 5.77. The molecule has 1 N–H and O–H groups in total. The second kappa shape index (κ2) is 6.72. The molecule has 1 heterocycles. The lowest BCUT2D eigenvalue weighted by atomic mass is 9.95. The largest absolute Gasteiger partial charge is 0.507 e. The van der Waals surface area contributed by atoms with E-state index in [0.717, 1.165) is 4.47 Å². The van der Waals surface area contributed by atoms with Crippen LogP contribution in [-0.4, -0.2) is 33.7 Å². The first-order valence-corrected chi connectivity index (χ1v) is 8.35. The fourth-order valence-corrected chi connectivity index (χ4v) is 3.17. The van der Waals surface area contributed by atoms with Crippen LogP contribution in [0.4, 0.5) is 5.69 Å². The van der Waals surface area contributed by atoms with Crippen molar-refractivity contribution < 1.29 is 19.6 Å². The van der Waals surface area contributed by atoms with Gasteiger partial charge in [0.25, 0.3) is 17.4 Å². The molecular formula is C18H13BrN2O5.